The predicted octanol–water partition coefficient (Wildman–Crippen LogP) is 1.27. The number of aromatic nitrogens is 2. The van der Waals surface area contributed by atoms with Crippen molar-refractivity contribution in [3.8, 4) is 0 Å². The lowest BCUT2D eigenvalue weighted by atomic mass is 9.97. The van der Waals surface area contributed by atoms with Gasteiger partial charge in [0, 0.05) is 0 Å². The fourth-order valence-electron chi connectivity index (χ4n) is 2.25. The maximum atomic E-state index is 14.2. The fraction of sp³-hybridized carbons (Fsp3) is 0.167. The molecule has 0 fully saturated rings. The highest BCUT2D eigenvalue weighted by Gasteiger charge is 2.32. The Kier molecular flexibility index (Phi) is 2.74. The van der Waals surface area contributed by atoms with E-state index in [2.05, 4.69) is 4.99 Å². The molecule has 0 bridgehead atoms. The van der Waals surface area contributed by atoms with Crippen molar-refractivity contribution >= 4 is 18.9 Å². The smallest absolute Gasteiger partial charge is 0.481 e. The normalized spacial score (nSPS) is 13.1. The van der Waals surface area contributed by atoms with Gasteiger partial charge in [-0.05, 0) is 36.7 Å². The van der Waals surface area contributed by atoms with Gasteiger partial charge in [-0.25, -0.2) is 0 Å². The Balaban J connectivity index is 2.03. The third kappa shape index (κ3) is 1.87. The topological polar surface area (TPSA) is 59.5 Å². The molecule has 2 aromatic heterocycles. The average Bonchev–Trinajstić information content (AvgIpc) is 3.01. The summed E-state index contributed by atoms with van der Waals surface area (Å²) in [5.74, 6) is -0.894. The van der Waals surface area contributed by atoms with E-state index in [0.29, 0.717) is 17.1 Å². The second kappa shape index (κ2) is 4.42. The molecule has 0 spiro atoms. The van der Waals surface area contributed by atoms with Crippen LogP contribution in [0.25, 0.3) is 0 Å². The summed E-state index contributed by atoms with van der Waals surface area (Å²) in [6.07, 6.45) is 3.26. The number of carboxylic acids is 1. The molecule has 3 rings (SSSR count). The summed E-state index contributed by atoms with van der Waals surface area (Å²) < 4.78 is 17.2. The number of hydrogen-bond donors (Lipinski definition) is 1. The van der Waals surface area contributed by atoms with Crippen LogP contribution >= 0.6 is 0 Å². The van der Waals surface area contributed by atoms with Crippen LogP contribution in [-0.2, 0) is 4.79 Å². The lowest BCUT2D eigenvalue weighted by molar-refractivity contribution is -0.136. The first-order valence-corrected chi connectivity index (χ1v) is 5.93. The standard InChI is InChI=1S/C12H11BFN3O2/c14-13-16-7-1-3-9(16)12(15-6-5-11(18)19)10-4-2-8-17(10)13/h1-4,7-8H,5-6H2,(H,18,19). The van der Waals surface area contributed by atoms with Gasteiger partial charge >= 0.3 is 13.2 Å². The number of hydrogen-bond acceptors (Lipinski definition) is 2. The van der Waals surface area contributed by atoms with Crippen LogP contribution in [0.2, 0.25) is 0 Å². The van der Waals surface area contributed by atoms with E-state index in [1.807, 2.05) is 0 Å². The molecule has 0 saturated carbocycles. The molecule has 3 heterocycles. The second-order valence-corrected chi connectivity index (χ2v) is 4.29. The summed E-state index contributed by atoms with van der Waals surface area (Å²) in [7, 11) is -1.28. The molecule has 0 atom stereocenters. The first-order valence-electron chi connectivity index (χ1n) is 5.93. The van der Waals surface area contributed by atoms with Gasteiger partial charge in [0.2, 0.25) is 0 Å². The molecular weight excluding hydrogens is 248 g/mol. The van der Waals surface area contributed by atoms with Gasteiger partial charge in [-0.2, -0.15) is 0 Å². The van der Waals surface area contributed by atoms with E-state index in [-0.39, 0.29) is 13.0 Å². The van der Waals surface area contributed by atoms with Crippen molar-refractivity contribution < 1.29 is 14.2 Å². The number of aliphatic carboxylic acids is 1. The third-order valence-electron chi connectivity index (χ3n) is 3.10. The van der Waals surface area contributed by atoms with Gasteiger partial charge in [0.25, 0.3) is 0 Å². The Morgan fingerprint density at radius 1 is 1.26 bits per heavy atom. The minimum absolute atomic E-state index is 0.0377. The molecule has 1 aliphatic rings. The van der Waals surface area contributed by atoms with E-state index in [1.54, 1.807) is 36.7 Å². The van der Waals surface area contributed by atoms with E-state index in [0.717, 1.165) is 0 Å². The largest absolute Gasteiger partial charge is 0.596 e. The van der Waals surface area contributed by atoms with Crippen LogP contribution in [0.3, 0.4) is 0 Å². The van der Waals surface area contributed by atoms with Crippen LogP contribution in [0.4, 0.5) is 4.32 Å². The first kappa shape index (κ1) is 11.8. The Bertz CT molecular complexity index is 617. The molecule has 0 aromatic carbocycles. The lowest BCUT2D eigenvalue weighted by Gasteiger charge is -2.22. The first-order chi connectivity index (χ1) is 9.18. The van der Waals surface area contributed by atoms with E-state index < -0.39 is 13.2 Å². The summed E-state index contributed by atoms with van der Waals surface area (Å²) in [5, 5.41) is 8.66. The summed E-state index contributed by atoms with van der Waals surface area (Å²) >= 11 is 0. The van der Waals surface area contributed by atoms with E-state index >= 15 is 0 Å². The van der Waals surface area contributed by atoms with Gasteiger partial charge < -0.3 is 14.1 Å². The average molecular weight is 259 g/mol. The number of rotatable bonds is 3. The maximum absolute atomic E-state index is 14.2. The molecule has 0 saturated heterocycles. The molecule has 96 valence electrons. The van der Waals surface area contributed by atoms with Crippen molar-refractivity contribution in [2.45, 2.75) is 6.42 Å². The molecule has 19 heavy (non-hydrogen) atoms. The van der Waals surface area contributed by atoms with Crippen LogP contribution in [0.5, 0.6) is 0 Å². The molecule has 5 nitrogen and oxygen atoms in total. The number of carboxylic acid groups (broad SMARTS) is 1. The SMILES string of the molecule is O=C(O)CCN=C1c2cccn2B(F)n2cccc21. The fourth-order valence-corrected chi connectivity index (χ4v) is 2.25. The summed E-state index contributed by atoms with van der Waals surface area (Å²) in [6.45, 7) is 0.179. The summed E-state index contributed by atoms with van der Waals surface area (Å²) in [4.78, 5) is 14.9. The molecule has 0 amide bonds. The van der Waals surface area contributed by atoms with Crippen molar-refractivity contribution in [2.75, 3.05) is 6.54 Å². The van der Waals surface area contributed by atoms with Gasteiger partial charge in [0.05, 0.1) is 24.4 Å². The highest BCUT2D eigenvalue weighted by molar-refractivity contribution is 6.51. The van der Waals surface area contributed by atoms with Gasteiger partial charge in [-0.3, -0.25) is 14.1 Å². The second-order valence-electron chi connectivity index (χ2n) is 4.29. The van der Waals surface area contributed by atoms with Crippen molar-refractivity contribution in [1.82, 2.24) is 8.96 Å². The highest BCUT2D eigenvalue weighted by atomic mass is 19.1. The van der Waals surface area contributed by atoms with Gasteiger partial charge in [-0.15, -0.1) is 0 Å². The third-order valence-corrected chi connectivity index (χ3v) is 3.10. The molecule has 1 N–H and O–H groups in total. The highest BCUT2D eigenvalue weighted by Crippen LogP contribution is 2.21. The number of halogens is 1. The van der Waals surface area contributed by atoms with E-state index in [4.69, 9.17) is 5.11 Å². The van der Waals surface area contributed by atoms with Crippen molar-refractivity contribution in [2.24, 2.45) is 4.99 Å². The minimum Gasteiger partial charge on any atom is -0.481 e. The lowest BCUT2D eigenvalue weighted by Crippen LogP contribution is -2.38. The molecular formula is C12H11BFN3O2. The number of fused-ring (bicyclic) bond motifs is 2. The zero-order valence-corrected chi connectivity index (χ0v) is 10.0. The number of aliphatic imine (C=N–C) groups is 1. The zero-order valence-electron chi connectivity index (χ0n) is 10.0. The van der Waals surface area contributed by atoms with Crippen molar-refractivity contribution in [3.63, 3.8) is 0 Å². The molecule has 0 aliphatic carbocycles. The summed E-state index contributed by atoms with van der Waals surface area (Å²) in [6, 6.07) is 7.06. The monoisotopic (exact) mass is 259 g/mol. The van der Waals surface area contributed by atoms with Crippen molar-refractivity contribution in [3.05, 3.63) is 48.0 Å². The zero-order chi connectivity index (χ0) is 13.4. The Hall–Kier alpha value is -2.31. The molecule has 7 heteroatoms. The molecule has 0 unspecified atom stereocenters. The van der Waals surface area contributed by atoms with Crippen LogP contribution < -0.4 is 0 Å². The maximum Gasteiger partial charge on any atom is 0.596 e. The van der Waals surface area contributed by atoms with Crippen LogP contribution in [0.1, 0.15) is 17.8 Å². The number of carbonyl (C=O) groups is 1. The van der Waals surface area contributed by atoms with Crippen LogP contribution in [0.15, 0.2) is 41.7 Å². The quantitative estimate of drug-likeness (QED) is 0.843. The van der Waals surface area contributed by atoms with Gasteiger partial charge in [0.1, 0.15) is 5.71 Å². The van der Waals surface area contributed by atoms with Crippen LogP contribution in [-0.4, -0.2) is 39.5 Å². The van der Waals surface area contributed by atoms with E-state index in [9.17, 15) is 9.11 Å². The van der Waals surface area contributed by atoms with Crippen LogP contribution in [0, 0.1) is 0 Å². The van der Waals surface area contributed by atoms with Gasteiger partial charge in [-0.1, -0.05) is 0 Å². The molecule has 0 radical (unpaired) electrons. The Labute approximate surface area is 109 Å². The molecule has 1 aliphatic heterocycles. The predicted molar refractivity (Wildman–Crippen MR) is 69.3 cm³/mol. The van der Waals surface area contributed by atoms with E-state index in [1.165, 1.54) is 8.96 Å². The van der Waals surface area contributed by atoms with Gasteiger partial charge in [0.15, 0.2) is 0 Å². The Morgan fingerprint density at radius 3 is 2.37 bits per heavy atom. The Morgan fingerprint density at radius 2 is 1.84 bits per heavy atom. The molecule has 2 aromatic rings. The minimum atomic E-state index is -1.28. The van der Waals surface area contributed by atoms with Crippen molar-refractivity contribution in [1.29, 1.82) is 0 Å². The number of nitrogens with zero attached hydrogens (tertiary/aromatic N) is 3. The summed E-state index contributed by atoms with van der Waals surface area (Å²) in [5.41, 5.74) is 1.97.